The van der Waals surface area contributed by atoms with Gasteiger partial charge in [-0.2, -0.15) is 0 Å². The minimum atomic E-state index is -0.201. The molecule has 0 unspecified atom stereocenters. The van der Waals surface area contributed by atoms with Crippen LogP contribution in [0.15, 0.2) is 48.5 Å². The topological polar surface area (TPSA) is 9.23 Å². The minimum absolute atomic E-state index is 0.156. The number of rotatable bonds is 5. The zero-order valence-electron chi connectivity index (χ0n) is 12.3. The van der Waals surface area contributed by atoms with Gasteiger partial charge in [-0.25, -0.2) is 4.39 Å². The van der Waals surface area contributed by atoms with Gasteiger partial charge in [0, 0.05) is 5.41 Å². The van der Waals surface area contributed by atoms with Crippen LogP contribution >= 0.6 is 0 Å². The van der Waals surface area contributed by atoms with Gasteiger partial charge in [0.2, 0.25) is 0 Å². The molecular formula is C18H21FO. The Labute approximate surface area is 120 Å². The van der Waals surface area contributed by atoms with Gasteiger partial charge in [0.1, 0.15) is 11.6 Å². The van der Waals surface area contributed by atoms with Crippen molar-refractivity contribution in [3.8, 4) is 5.75 Å². The fraction of sp³-hybridized carbons (Fsp3) is 0.333. The van der Waals surface area contributed by atoms with Gasteiger partial charge in [0.05, 0.1) is 6.61 Å². The van der Waals surface area contributed by atoms with E-state index in [1.807, 2.05) is 24.3 Å². The van der Waals surface area contributed by atoms with Crippen molar-refractivity contribution in [1.82, 2.24) is 0 Å². The van der Waals surface area contributed by atoms with Gasteiger partial charge in [0.15, 0.2) is 0 Å². The largest absolute Gasteiger partial charge is 0.494 e. The first-order valence-corrected chi connectivity index (χ1v) is 7.03. The highest BCUT2D eigenvalue weighted by Crippen LogP contribution is 2.32. The van der Waals surface area contributed by atoms with Crippen LogP contribution in [-0.2, 0) is 5.41 Å². The average molecular weight is 272 g/mol. The van der Waals surface area contributed by atoms with Crippen LogP contribution < -0.4 is 4.74 Å². The molecule has 2 rings (SSSR count). The van der Waals surface area contributed by atoms with E-state index < -0.39 is 0 Å². The van der Waals surface area contributed by atoms with Gasteiger partial charge in [-0.1, -0.05) is 45.0 Å². The predicted molar refractivity (Wildman–Crippen MR) is 80.8 cm³/mol. The highest BCUT2D eigenvalue weighted by molar-refractivity contribution is 5.40. The van der Waals surface area contributed by atoms with Crippen molar-refractivity contribution in [1.29, 1.82) is 0 Å². The summed E-state index contributed by atoms with van der Waals surface area (Å²) in [6.45, 7) is 7.11. The summed E-state index contributed by atoms with van der Waals surface area (Å²) in [5.74, 6) is 0.693. The highest BCUT2D eigenvalue weighted by Gasteiger charge is 2.22. The van der Waals surface area contributed by atoms with Gasteiger partial charge in [-0.05, 0) is 41.8 Å². The van der Waals surface area contributed by atoms with Crippen molar-refractivity contribution in [2.24, 2.45) is 0 Å². The standard InChI is InChI=1S/C18H21FO/c1-4-13-20-17-11-7-15(8-12-17)18(2,3)14-5-9-16(19)10-6-14/h5-12H,4,13H2,1-3H3. The Hall–Kier alpha value is -1.83. The summed E-state index contributed by atoms with van der Waals surface area (Å²) < 4.78 is 18.6. The lowest BCUT2D eigenvalue weighted by molar-refractivity contribution is 0.317. The molecule has 1 nitrogen and oxygen atoms in total. The second kappa shape index (κ2) is 6.08. The van der Waals surface area contributed by atoms with E-state index in [1.165, 1.54) is 17.7 Å². The molecule has 0 bridgehead atoms. The van der Waals surface area contributed by atoms with Crippen molar-refractivity contribution in [2.45, 2.75) is 32.6 Å². The smallest absolute Gasteiger partial charge is 0.123 e. The van der Waals surface area contributed by atoms with Crippen LogP contribution in [0.1, 0.15) is 38.3 Å². The molecule has 0 atom stereocenters. The van der Waals surface area contributed by atoms with E-state index in [0.29, 0.717) is 0 Å². The van der Waals surface area contributed by atoms with Gasteiger partial charge in [-0.15, -0.1) is 0 Å². The normalized spacial score (nSPS) is 11.4. The van der Waals surface area contributed by atoms with Crippen LogP contribution in [0.25, 0.3) is 0 Å². The molecule has 0 spiro atoms. The molecule has 0 saturated carbocycles. The third kappa shape index (κ3) is 3.19. The van der Waals surface area contributed by atoms with Crippen molar-refractivity contribution in [3.05, 3.63) is 65.5 Å². The molecule has 0 aromatic heterocycles. The molecule has 2 aromatic carbocycles. The Morgan fingerprint density at radius 2 is 1.40 bits per heavy atom. The zero-order chi connectivity index (χ0) is 14.6. The number of benzene rings is 2. The molecule has 0 aliphatic carbocycles. The second-order valence-corrected chi connectivity index (χ2v) is 5.50. The van der Waals surface area contributed by atoms with Gasteiger partial charge in [-0.3, -0.25) is 0 Å². The Balaban J connectivity index is 2.22. The molecule has 2 heteroatoms. The maximum atomic E-state index is 13.0. The molecule has 0 amide bonds. The fourth-order valence-electron chi connectivity index (χ4n) is 2.22. The summed E-state index contributed by atoms with van der Waals surface area (Å²) in [4.78, 5) is 0. The van der Waals surface area contributed by atoms with Gasteiger partial charge in [0.25, 0.3) is 0 Å². The number of hydrogen-bond donors (Lipinski definition) is 0. The Kier molecular flexibility index (Phi) is 4.43. The monoisotopic (exact) mass is 272 g/mol. The van der Waals surface area contributed by atoms with Crippen LogP contribution in [0.4, 0.5) is 4.39 Å². The molecule has 0 radical (unpaired) electrons. The molecule has 20 heavy (non-hydrogen) atoms. The van der Waals surface area contributed by atoms with Crippen LogP contribution in [0.3, 0.4) is 0 Å². The maximum absolute atomic E-state index is 13.0. The van der Waals surface area contributed by atoms with E-state index in [0.717, 1.165) is 24.3 Å². The molecule has 0 saturated heterocycles. The third-order valence-corrected chi connectivity index (χ3v) is 3.61. The molecule has 106 valence electrons. The van der Waals surface area contributed by atoms with Gasteiger partial charge >= 0.3 is 0 Å². The summed E-state index contributed by atoms with van der Waals surface area (Å²) >= 11 is 0. The average Bonchev–Trinajstić information content (AvgIpc) is 2.46. The molecular weight excluding hydrogens is 251 g/mol. The predicted octanol–water partition coefficient (Wildman–Crippen LogP) is 4.94. The number of hydrogen-bond acceptors (Lipinski definition) is 1. The second-order valence-electron chi connectivity index (χ2n) is 5.50. The molecule has 0 heterocycles. The molecule has 2 aromatic rings. The molecule has 0 N–H and O–H groups in total. The highest BCUT2D eigenvalue weighted by atomic mass is 19.1. The van der Waals surface area contributed by atoms with Gasteiger partial charge < -0.3 is 4.74 Å². The molecule has 0 aliphatic rings. The summed E-state index contributed by atoms with van der Waals surface area (Å²) in [7, 11) is 0. The van der Waals surface area contributed by atoms with Crippen molar-refractivity contribution in [2.75, 3.05) is 6.61 Å². The first-order chi connectivity index (χ1) is 9.54. The number of ether oxygens (including phenoxy) is 1. The molecule has 0 aliphatic heterocycles. The Morgan fingerprint density at radius 3 is 1.90 bits per heavy atom. The van der Waals surface area contributed by atoms with Crippen LogP contribution in [0.5, 0.6) is 5.75 Å². The van der Waals surface area contributed by atoms with Crippen molar-refractivity contribution in [3.63, 3.8) is 0 Å². The maximum Gasteiger partial charge on any atom is 0.123 e. The fourth-order valence-corrected chi connectivity index (χ4v) is 2.22. The van der Waals surface area contributed by atoms with E-state index in [9.17, 15) is 4.39 Å². The zero-order valence-corrected chi connectivity index (χ0v) is 12.3. The van der Waals surface area contributed by atoms with E-state index in [4.69, 9.17) is 4.74 Å². The van der Waals surface area contributed by atoms with E-state index in [-0.39, 0.29) is 11.2 Å². The Morgan fingerprint density at radius 1 is 0.900 bits per heavy atom. The summed E-state index contributed by atoms with van der Waals surface area (Å²) in [6, 6.07) is 14.9. The quantitative estimate of drug-likeness (QED) is 0.749. The first kappa shape index (κ1) is 14.6. The van der Waals surface area contributed by atoms with E-state index >= 15 is 0 Å². The number of halogens is 1. The summed E-state index contributed by atoms with van der Waals surface area (Å²) in [5, 5.41) is 0. The lowest BCUT2D eigenvalue weighted by Gasteiger charge is -2.26. The summed E-state index contributed by atoms with van der Waals surface area (Å²) in [6.07, 6.45) is 1.00. The van der Waals surface area contributed by atoms with Crippen LogP contribution in [0, 0.1) is 5.82 Å². The summed E-state index contributed by atoms with van der Waals surface area (Å²) in [5.41, 5.74) is 2.13. The SMILES string of the molecule is CCCOc1ccc(C(C)(C)c2ccc(F)cc2)cc1. The van der Waals surface area contributed by atoms with E-state index in [2.05, 4.69) is 32.9 Å². The van der Waals surface area contributed by atoms with Crippen molar-refractivity contribution < 1.29 is 9.13 Å². The van der Waals surface area contributed by atoms with Crippen molar-refractivity contribution >= 4 is 0 Å². The Bertz CT molecular complexity index is 541. The molecule has 0 fully saturated rings. The van der Waals surface area contributed by atoms with E-state index in [1.54, 1.807) is 0 Å². The van der Waals surface area contributed by atoms with Crippen LogP contribution in [0.2, 0.25) is 0 Å². The third-order valence-electron chi connectivity index (χ3n) is 3.61. The first-order valence-electron chi connectivity index (χ1n) is 7.03. The minimum Gasteiger partial charge on any atom is -0.494 e. The lowest BCUT2D eigenvalue weighted by Crippen LogP contribution is -2.18. The lowest BCUT2D eigenvalue weighted by atomic mass is 9.78. The van der Waals surface area contributed by atoms with Crippen LogP contribution in [-0.4, -0.2) is 6.61 Å².